The molecule has 0 unspecified atom stereocenters. The van der Waals surface area contributed by atoms with E-state index in [0.717, 1.165) is 6.92 Å². The summed E-state index contributed by atoms with van der Waals surface area (Å²) in [6.45, 7) is -2.22. The molecule has 0 spiro atoms. The van der Waals surface area contributed by atoms with Gasteiger partial charge in [-0.05, 0) is 0 Å². The first-order chi connectivity index (χ1) is 12.7. The third-order valence-electron chi connectivity index (χ3n) is 2.52. The Morgan fingerprint density at radius 3 is 2.08 bits per heavy atom. The largest absolute Gasteiger partial charge is 0.463 e. The zero-order valence-electron chi connectivity index (χ0n) is 15.9. The molecular weight excluding hydrogens is 326 g/mol. The van der Waals surface area contributed by atoms with Gasteiger partial charge in [-0.1, -0.05) is 0 Å². The van der Waals surface area contributed by atoms with Crippen molar-refractivity contribution in [2.45, 2.75) is 52.0 Å². The first-order valence-electron chi connectivity index (χ1n) is 8.65. The molecule has 4 atom stereocenters. The second-order valence-electron chi connectivity index (χ2n) is 4.52. The molecule has 0 radical (unpaired) electrons. The first-order valence-corrected chi connectivity index (χ1v) is 6.52. The molecule has 10 nitrogen and oxygen atoms in total. The Kier molecular flexibility index (Phi) is 7.04. The van der Waals surface area contributed by atoms with E-state index in [1.165, 1.54) is 0 Å². The quantitative estimate of drug-likeness (QED) is 0.287. The number of hydrogen-bond donors (Lipinski definition) is 2. The lowest BCUT2D eigenvalue weighted by atomic mass is 10.0. The molecule has 24 heavy (non-hydrogen) atoms. The minimum atomic E-state index is -1.82. The molecule has 1 amide bonds. The first kappa shape index (κ1) is 16.4. The molecule has 0 saturated heterocycles. The Morgan fingerprint density at radius 2 is 1.62 bits per heavy atom. The normalized spacial score (nSPS) is 16.8. The Balaban J connectivity index is 5.71. The Hall–Kier alpha value is -2.49. The highest BCUT2D eigenvalue weighted by molar-refractivity contribution is 5.78. The van der Waals surface area contributed by atoms with E-state index in [0.29, 0.717) is 0 Å². The van der Waals surface area contributed by atoms with Crippen LogP contribution in [0.15, 0.2) is 0 Å². The van der Waals surface area contributed by atoms with Crippen LogP contribution in [0.2, 0.25) is 0 Å². The molecule has 0 fully saturated rings. The van der Waals surface area contributed by atoms with Crippen molar-refractivity contribution in [1.82, 2.24) is 5.32 Å². The smallest absolute Gasteiger partial charge is 0.303 e. The summed E-state index contributed by atoms with van der Waals surface area (Å²) >= 11 is 0. The van der Waals surface area contributed by atoms with Gasteiger partial charge in [0.25, 0.3) is 0 Å². The number of nitrogens with one attached hydrogen (secondary N) is 1. The van der Waals surface area contributed by atoms with E-state index in [9.17, 15) is 29.1 Å². The topological polar surface area (TPSA) is 145 Å². The van der Waals surface area contributed by atoms with E-state index in [2.05, 4.69) is 10.1 Å². The number of rotatable bonds is 9. The van der Waals surface area contributed by atoms with Gasteiger partial charge in [0.1, 0.15) is 25.0 Å². The number of aldehydes is 1. The summed E-state index contributed by atoms with van der Waals surface area (Å²) in [5, 5.41) is 12.3. The third kappa shape index (κ3) is 8.22. The van der Waals surface area contributed by atoms with E-state index < -0.39 is 75.5 Å². The molecule has 0 saturated carbocycles. The molecule has 136 valence electrons. The fourth-order valence-corrected chi connectivity index (χ4v) is 1.71. The number of aliphatic hydroxyl groups is 1. The minimum absolute atomic E-state index is 0.160. The molecule has 0 heterocycles. The monoisotopic (exact) mass is 350 g/mol. The maximum absolute atomic E-state index is 11.5. The van der Waals surface area contributed by atoms with Gasteiger partial charge in [-0.15, -0.1) is 0 Å². The fourth-order valence-electron chi connectivity index (χ4n) is 1.71. The molecule has 0 aliphatic heterocycles. The molecule has 0 aromatic heterocycles. The number of amides is 1. The summed E-state index contributed by atoms with van der Waals surface area (Å²) in [6.07, 6.45) is -5.23. The van der Waals surface area contributed by atoms with Crippen molar-refractivity contribution in [3.05, 3.63) is 0 Å². The molecule has 10 heteroatoms. The summed E-state index contributed by atoms with van der Waals surface area (Å²) in [5.74, 6) is -4.03. The van der Waals surface area contributed by atoms with Gasteiger partial charge in [0.05, 0.1) is 0 Å². The van der Waals surface area contributed by atoms with Gasteiger partial charge < -0.3 is 29.4 Å². The standard InChI is InChI=1S/C14H21NO9/c1-7(17)15-11(5-16)13(23-9(3)19)14(24-10(4)20)12(21)6-22-8(2)18/h5,11-14,21H,6H2,1-4H3,(H,15,17)/t11-,12+,13+,14+/m0/s1/i2D,3D,4D. The summed E-state index contributed by atoms with van der Waals surface area (Å²) in [5.41, 5.74) is 0. The maximum Gasteiger partial charge on any atom is 0.303 e. The highest BCUT2D eigenvalue weighted by Crippen LogP contribution is 2.15. The minimum Gasteiger partial charge on any atom is -0.463 e. The Bertz CT molecular complexity index is 546. The number of carbonyl (C=O) groups is 5. The van der Waals surface area contributed by atoms with Gasteiger partial charge in [-0.25, -0.2) is 0 Å². The maximum atomic E-state index is 11.5. The third-order valence-corrected chi connectivity index (χ3v) is 2.52. The van der Waals surface area contributed by atoms with Gasteiger partial charge >= 0.3 is 17.9 Å². The average molecular weight is 350 g/mol. The lowest BCUT2D eigenvalue weighted by Crippen LogP contribution is -2.56. The molecule has 0 aliphatic rings. The van der Waals surface area contributed by atoms with Gasteiger partial charge in [0.15, 0.2) is 12.2 Å². The van der Waals surface area contributed by atoms with Crippen molar-refractivity contribution in [2.75, 3.05) is 6.61 Å². The van der Waals surface area contributed by atoms with Crippen LogP contribution >= 0.6 is 0 Å². The van der Waals surface area contributed by atoms with Gasteiger partial charge in [-0.3, -0.25) is 19.2 Å². The highest BCUT2D eigenvalue weighted by atomic mass is 16.6. The average Bonchev–Trinajstić information content (AvgIpc) is 2.65. The van der Waals surface area contributed by atoms with Crippen molar-refractivity contribution in [1.29, 1.82) is 0 Å². The van der Waals surface area contributed by atoms with Gasteiger partial charge in [0.2, 0.25) is 5.91 Å². The Morgan fingerprint density at radius 1 is 1.08 bits per heavy atom. The highest BCUT2D eigenvalue weighted by Gasteiger charge is 2.40. The SMILES string of the molecule is [2H]CC(=O)OC[C@@H](O)[C@@H](OC(=O)C[2H])[C@H](OC(=O)C[2H])[C@H](C=O)NC(C)=O. The van der Waals surface area contributed by atoms with Crippen LogP contribution in [0.4, 0.5) is 0 Å². The fraction of sp³-hybridized carbons (Fsp3) is 0.643. The Labute approximate surface area is 142 Å². The van der Waals surface area contributed by atoms with Crippen LogP contribution in [0.25, 0.3) is 0 Å². The summed E-state index contributed by atoms with van der Waals surface area (Å²) in [7, 11) is 0. The molecule has 0 aromatic carbocycles. The van der Waals surface area contributed by atoms with Gasteiger partial charge in [-0.2, -0.15) is 0 Å². The second-order valence-corrected chi connectivity index (χ2v) is 4.52. The molecule has 2 N–H and O–H groups in total. The number of hydrogen-bond acceptors (Lipinski definition) is 9. The number of aliphatic hydroxyl groups excluding tert-OH is 1. The number of esters is 3. The van der Waals surface area contributed by atoms with Crippen LogP contribution in [0.1, 0.15) is 31.7 Å². The summed E-state index contributed by atoms with van der Waals surface area (Å²) in [6, 6.07) is -1.57. The molecule has 0 aliphatic carbocycles. The summed E-state index contributed by atoms with van der Waals surface area (Å²) < 4.78 is 35.1. The molecule has 0 bridgehead atoms. The second kappa shape index (κ2) is 10.3. The van der Waals surface area contributed by atoms with Crippen LogP contribution in [-0.4, -0.2) is 66.2 Å². The van der Waals surface area contributed by atoms with Crippen LogP contribution in [0.5, 0.6) is 0 Å². The molecular formula is C14H21NO9. The van der Waals surface area contributed by atoms with Crippen molar-refractivity contribution in [3.8, 4) is 0 Å². The van der Waals surface area contributed by atoms with Gasteiger partial charge in [0, 0.05) is 31.7 Å². The van der Waals surface area contributed by atoms with E-state index in [1.807, 2.05) is 0 Å². The number of ether oxygens (including phenoxy) is 3. The summed E-state index contributed by atoms with van der Waals surface area (Å²) in [4.78, 5) is 56.7. The van der Waals surface area contributed by atoms with Crippen LogP contribution < -0.4 is 5.32 Å². The van der Waals surface area contributed by atoms with E-state index in [-0.39, 0.29) is 6.29 Å². The van der Waals surface area contributed by atoms with Crippen LogP contribution in [0, 0.1) is 0 Å². The molecule has 0 rings (SSSR count). The predicted octanol–water partition coefficient (Wildman–Crippen LogP) is -1.52. The lowest BCUT2D eigenvalue weighted by Gasteiger charge is -2.32. The van der Waals surface area contributed by atoms with E-state index >= 15 is 0 Å². The van der Waals surface area contributed by atoms with Crippen molar-refractivity contribution >= 4 is 30.1 Å². The lowest BCUT2D eigenvalue weighted by molar-refractivity contribution is -0.182. The zero-order valence-corrected chi connectivity index (χ0v) is 12.9. The number of carbonyl (C=O) groups excluding carboxylic acids is 5. The van der Waals surface area contributed by atoms with Crippen molar-refractivity contribution in [3.63, 3.8) is 0 Å². The zero-order chi connectivity index (χ0) is 21.0. The van der Waals surface area contributed by atoms with E-state index in [1.54, 1.807) is 0 Å². The predicted molar refractivity (Wildman–Crippen MR) is 77.4 cm³/mol. The van der Waals surface area contributed by atoms with Crippen LogP contribution in [0.3, 0.4) is 0 Å². The molecule has 0 aromatic rings. The van der Waals surface area contributed by atoms with Crippen LogP contribution in [-0.2, 0) is 38.2 Å². The van der Waals surface area contributed by atoms with Crippen molar-refractivity contribution in [2.24, 2.45) is 0 Å². The van der Waals surface area contributed by atoms with E-state index in [4.69, 9.17) is 13.6 Å². The van der Waals surface area contributed by atoms with Crippen molar-refractivity contribution < 1.29 is 47.4 Å².